The van der Waals surface area contributed by atoms with E-state index < -0.39 is 0 Å². The van der Waals surface area contributed by atoms with E-state index in [4.69, 9.17) is 0 Å². The molecule has 0 aliphatic carbocycles. The van der Waals surface area contributed by atoms with Crippen LogP contribution in [0.2, 0.25) is 0 Å². The number of aliphatic imine (C=N–C) groups is 1. The molecule has 0 spiro atoms. The van der Waals surface area contributed by atoms with Gasteiger partial charge in [-0.15, -0.1) is 0 Å². The lowest BCUT2D eigenvalue weighted by atomic mass is 10.2. The fraction of sp³-hybridized carbons (Fsp3) is 0. The van der Waals surface area contributed by atoms with E-state index in [1.807, 2.05) is 36.4 Å². The van der Waals surface area contributed by atoms with Gasteiger partial charge in [0.2, 0.25) is 0 Å². The number of hydrogen-bond donors (Lipinski definition) is 0. The molecule has 0 N–H and O–H groups in total. The average molecular weight is 156 g/mol. The third-order valence-electron chi connectivity index (χ3n) is 1.59. The van der Waals surface area contributed by atoms with Gasteiger partial charge in [-0.05, 0) is 24.3 Å². The fourth-order valence-electron chi connectivity index (χ4n) is 1.03. The zero-order valence-corrected chi connectivity index (χ0v) is 6.51. The molecule has 2 rings (SSSR count). The molecule has 1 aliphatic rings. The van der Waals surface area contributed by atoms with E-state index in [0.717, 1.165) is 11.4 Å². The van der Waals surface area contributed by atoms with Crippen LogP contribution in [-0.4, -0.2) is 11.2 Å². The third-order valence-corrected chi connectivity index (χ3v) is 1.59. The van der Waals surface area contributed by atoms with Crippen LogP contribution in [0.5, 0.6) is 0 Å². The quantitative estimate of drug-likeness (QED) is 0.566. The highest BCUT2D eigenvalue weighted by atomic mass is 14.8. The van der Waals surface area contributed by atoms with Gasteiger partial charge in [-0.1, -0.05) is 12.2 Å². The first kappa shape index (κ1) is 6.98. The van der Waals surface area contributed by atoms with E-state index >= 15 is 0 Å². The van der Waals surface area contributed by atoms with E-state index in [9.17, 15) is 0 Å². The normalized spacial score (nSPS) is 13.7. The van der Waals surface area contributed by atoms with Crippen molar-refractivity contribution in [2.45, 2.75) is 0 Å². The highest BCUT2D eigenvalue weighted by molar-refractivity contribution is 5.78. The van der Waals surface area contributed by atoms with Crippen LogP contribution >= 0.6 is 0 Å². The average Bonchev–Trinajstić information content (AvgIpc) is 2.06. The van der Waals surface area contributed by atoms with Crippen LogP contribution in [0.15, 0.2) is 41.6 Å². The first-order valence-electron chi connectivity index (χ1n) is 3.79. The summed E-state index contributed by atoms with van der Waals surface area (Å²) in [5, 5.41) is 0. The lowest BCUT2D eigenvalue weighted by Gasteiger charge is -1.98. The third kappa shape index (κ3) is 1.32. The maximum Gasteiger partial charge on any atom is 0.0886 e. The van der Waals surface area contributed by atoms with E-state index in [2.05, 4.69) is 9.98 Å². The molecule has 0 aromatic carbocycles. The summed E-state index contributed by atoms with van der Waals surface area (Å²) in [6, 6.07) is 3.83. The molecule has 1 aliphatic heterocycles. The second kappa shape index (κ2) is 3.13. The summed E-state index contributed by atoms with van der Waals surface area (Å²) in [4.78, 5) is 8.41. The number of aromatic nitrogens is 1. The molecule has 2 heteroatoms. The van der Waals surface area contributed by atoms with Gasteiger partial charge < -0.3 is 0 Å². The van der Waals surface area contributed by atoms with Crippen molar-refractivity contribution in [1.29, 1.82) is 0 Å². The Morgan fingerprint density at radius 1 is 1.08 bits per heavy atom. The van der Waals surface area contributed by atoms with Gasteiger partial charge in [-0.25, -0.2) is 0 Å². The predicted octanol–water partition coefficient (Wildman–Crippen LogP) is 2.37. The van der Waals surface area contributed by atoms with E-state index in [1.54, 1.807) is 12.4 Å². The molecule has 2 heterocycles. The van der Waals surface area contributed by atoms with Gasteiger partial charge in [0.25, 0.3) is 0 Å². The van der Waals surface area contributed by atoms with Crippen LogP contribution in [0, 0.1) is 0 Å². The molecular weight excluding hydrogens is 148 g/mol. The molecule has 0 radical (unpaired) electrons. The first-order valence-corrected chi connectivity index (χ1v) is 3.79. The number of fused-ring (bicyclic) bond motifs is 1. The van der Waals surface area contributed by atoms with Crippen molar-refractivity contribution in [2.24, 2.45) is 4.99 Å². The Morgan fingerprint density at radius 2 is 2.08 bits per heavy atom. The molecule has 0 atom stereocenters. The minimum absolute atomic E-state index is 0.915. The molecule has 0 bridgehead atoms. The number of nitrogens with zero attached hydrogens (tertiary/aromatic N) is 2. The largest absolute Gasteiger partial charge is 0.255 e. The Hall–Kier alpha value is -1.70. The number of rotatable bonds is 0. The van der Waals surface area contributed by atoms with E-state index in [-0.39, 0.29) is 0 Å². The van der Waals surface area contributed by atoms with Crippen LogP contribution < -0.4 is 0 Å². The summed E-state index contributed by atoms with van der Waals surface area (Å²) >= 11 is 0. The fourth-order valence-corrected chi connectivity index (χ4v) is 1.03. The molecule has 0 fully saturated rings. The molecular formula is C10H8N2. The Morgan fingerprint density at radius 3 is 3.08 bits per heavy atom. The van der Waals surface area contributed by atoms with Crippen molar-refractivity contribution in [2.75, 3.05) is 0 Å². The molecule has 0 unspecified atom stereocenters. The van der Waals surface area contributed by atoms with Gasteiger partial charge in [-0.2, -0.15) is 0 Å². The zero-order chi connectivity index (χ0) is 8.23. The lowest BCUT2D eigenvalue weighted by Crippen LogP contribution is -1.81. The SMILES string of the molecule is C1=CC=Nc2cccnc2C=C1. The summed E-state index contributed by atoms with van der Waals surface area (Å²) in [7, 11) is 0. The lowest BCUT2D eigenvalue weighted by molar-refractivity contribution is 1.27. The first-order chi connectivity index (χ1) is 5.97. The van der Waals surface area contributed by atoms with Crippen molar-refractivity contribution >= 4 is 18.0 Å². The maximum atomic E-state index is 4.22. The monoisotopic (exact) mass is 156 g/mol. The summed E-state index contributed by atoms with van der Waals surface area (Å²) in [5.41, 5.74) is 1.83. The van der Waals surface area contributed by atoms with Crippen molar-refractivity contribution in [3.8, 4) is 0 Å². The molecule has 2 nitrogen and oxygen atoms in total. The second-order valence-electron chi connectivity index (χ2n) is 2.43. The van der Waals surface area contributed by atoms with E-state index in [0.29, 0.717) is 0 Å². The Balaban J connectivity index is 2.54. The molecule has 1 aromatic rings. The predicted molar refractivity (Wildman–Crippen MR) is 50.6 cm³/mol. The zero-order valence-electron chi connectivity index (χ0n) is 6.51. The van der Waals surface area contributed by atoms with Crippen LogP contribution in [0.25, 0.3) is 6.08 Å². The summed E-state index contributed by atoms with van der Waals surface area (Å²) < 4.78 is 0. The standard InChI is InChI=1S/C10H8N2/c1-2-5-9-10(11-7-3-1)6-4-8-12-9/h1-8H. The van der Waals surface area contributed by atoms with E-state index in [1.165, 1.54) is 0 Å². The van der Waals surface area contributed by atoms with Crippen molar-refractivity contribution in [1.82, 2.24) is 4.98 Å². The number of hydrogen-bond acceptors (Lipinski definition) is 2. The van der Waals surface area contributed by atoms with Gasteiger partial charge >= 0.3 is 0 Å². The topological polar surface area (TPSA) is 25.2 Å². The molecule has 0 saturated carbocycles. The van der Waals surface area contributed by atoms with Crippen LogP contribution in [0.4, 0.5) is 5.69 Å². The summed E-state index contributed by atoms with van der Waals surface area (Å²) in [6.07, 6.45) is 11.3. The van der Waals surface area contributed by atoms with Crippen LogP contribution in [0.3, 0.4) is 0 Å². The van der Waals surface area contributed by atoms with Crippen molar-refractivity contribution < 1.29 is 0 Å². The number of pyridine rings is 1. The van der Waals surface area contributed by atoms with Crippen molar-refractivity contribution in [3.63, 3.8) is 0 Å². The van der Waals surface area contributed by atoms with Crippen molar-refractivity contribution in [3.05, 3.63) is 42.3 Å². The maximum absolute atomic E-state index is 4.22. The Kier molecular flexibility index (Phi) is 1.82. The van der Waals surface area contributed by atoms with Gasteiger partial charge in [0.1, 0.15) is 0 Å². The summed E-state index contributed by atoms with van der Waals surface area (Å²) in [5.74, 6) is 0. The Bertz CT molecular complexity index is 327. The van der Waals surface area contributed by atoms with Gasteiger partial charge in [0, 0.05) is 12.4 Å². The van der Waals surface area contributed by atoms with Gasteiger partial charge in [0.15, 0.2) is 0 Å². The minimum atomic E-state index is 0.915. The van der Waals surface area contributed by atoms with Crippen LogP contribution in [-0.2, 0) is 0 Å². The summed E-state index contributed by atoms with van der Waals surface area (Å²) in [6.45, 7) is 0. The smallest absolute Gasteiger partial charge is 0.0886 e. The molecule has 58 valence electrons. The Labute approximate surface area is 71.0 Å². The highest BCUT2D eigenvalue weighted by Gasteiger charge is 1.96. The van der Waals surface area contributed by atoms with Gasteiger partial charge in [0.05, 0.1) is 11.4 Å². The molecule has 1 aromatic heterocycles. The van der Waals surface area contributed by atoms with Gasteiger partial charge in [-0.3, -0.25) is 9.98 Å². The number of allylic oxidation sites excluding steroid dienone is 3. The van der Waals surface area contributed by atoms with Crippen LogP contribution in [0.1, 0.15) is 5.69 Å². The highest BCUT2D eigenvalue weighted by Crippen LogP contribution is 2.17. The minimum Gasteiger partial charge on any atom is -0.255 e. The molecule has 0 saturated heterocycles. The molecule has 0 amide bonds. The second-order valence-corrected chi connectivity index (χ2v) is 2.43. The molecule has 12 heavy (non-hydrogen) atoms.